The van der Waals surface area contributed by atoms with Gasteiger partial charge in [0.05, 0.1) is 0 Å². The highest BCUT2D eigenvalue weighted by Gasteiger charge is 2.24. The Morgan fingerprint density at radius 1 is 0.917 bits per heavy atom. The first-order chi connectivity index (χ1) is 11.5. The number of halogens is 3. The first kappa shape index (κ1) is 17.1. The van der Waals surface area contributed by atoms with Crippen molar-refractivity contribution in [3.8, 4) is 11.1 Å². The van der Waals surface area contributed by atoms with Crippen molar-refractivity contribution in [3.05, 3.63) is 58.9 Å². The van der Waals surface area contributed by atoms with Crippen LogP contribution in [0.25, 0.3) is 11.1 Å². The van der Waals surface area contributed by atoms with Gasteiger partial charge in [-0.3, -0.25) is 0 Å². The fraction of sp³-hybridized carbons (Fsp3) is 0.429. The van der Waals surface area contributed by atoms with Crippen LogP contribution in [-0.2, 0) is 0 Å². The normalized spacial score (nSPS) is 21.0. The maximum Gasteiger partial charge on any atom is 0.166 e. The van der Waals surface area contributed by atoms with Gasteiger partial charge in [0.2, 0.25) is 0 Å². The fourth-order valence-electron chi connectivity index (χ4n) is 3.78. The van der Waals surface area contributed by atoms with E-state index >= 15 is 0 Å². The lowest BCUT2D eigenvalue weighted by molar-refractivity contribution is 0.314. The van der Waals surface area contributed by atoms with Gasteiger partial charge in [-0.05, 0) is 67.2 Å². The van der Waals surface area contributed by atoms with Gasteiger partial charge in [-0.25, -0.2) is 13.2 Å². The molecule has 1 aliphatic carbocycles. The van der Waals surface area contributed by atoms with Crippen molar-refractivity contribution < 1.29 is 13.2 Å². The molecule has 0 atom stereocenters. The minimum Gasteiger partial charge on any atom is -0.207 e. The minimum absolute atomic E-state index is 0.109. The molecule has 2 aromatic carbocycles. The molecule has 128 valence electrons. The molecule has 1 saturated carbocycles. The molecular formula is C21H23F3. The number of benzene rings is 2. The highest BCUT2D eigenvalue weighted by atomic mass is 19.2. The van der Waals surface area contributed by atoms with E-state index in [1.165, 1.54) is 31.5 Å². The molecule has 3 heteroatoms. The summed E-state index contributed by atoms with van der Waals surface area (Å²) in [6.07, 6.45) is 5.47. The summed E-state index contributed by atoms with van der Waals surface area (Å²) in [6, 6.07) is 7.82. The first-order valence-corrected chi connectivity index (χ1v) is 8.75. The topological polar surface area (TPSA) is 0 Å². The van der Waals surface area contributed by atoms with Crippen molar-refractivity contribution in [1.29, 1.82) is 0 Å². The fourth-order valence-corrected chi connectivity index (χ4v) is 3.78. The van der Waals surface area contributed by atoms with Crippen LogP contribution in [0.15, 0.2) is 30.3 Å². The third-order valence-electron chi connectivity index (χ3n) is 5.45. The van der Waals surface area contributed by atoms with E-state index in [4.69, 9.17) is 0 Å². The molecule has 1 aliphatic rings. The molecule has 0 amide bonds. The SMILES string of the molecule is CCC1CCC(c2ccc(-c3ccc(C)c(F)c3F)cc2F)CC1. The zero-order valence-corrected chi connectivity index (χ0v) is 14.2. The average Bonchev–Trinajstić information content (AvgIpc) is 2.60. The Balaban J connectivity index is 1.87. The summed E-state index contributed by atoms with van der Waals surface area (Å²) in [6.45, 7) is 3.72. The van der Waals surface area contributed by atoms with Crippen LogP contribution in [0.4, 0.5) is 13.2 Å². The summed E-state index contributed by atoms with van der Waals surface area (Å²) in [5.74, 6) is -1.09. The van der Waals surface area contributed by atoms with Gasteiger partial charge in [-0.15, -0.1) is 0 Å². The molecule has 0 heterocycles. The van der Waals surface area contributed by atoms with Crippen LogP contribution in [0.2, 0.25) is 0 Å². The molecule has 0 aliphatic heterocycles. The lowest BCUT2D eigenvalue weighted by atomic mass is 9.77. The van der Waals surface area contributed by atoms with Crippen LogP contribution in [0.1, 0.15) is 56.1 Å². The Morgan fingerprint density at radius 2 is 1.62 bits per heavy atom. The summed E-state index contributed by atoms with van der Waals surface area (Å²) in [4.78, 5) is 0. The highest BCUT2D eigenvalue weighted by molar-refractivity contribution is 5.65. The number of aryl methyl sites for hydroxylation is 1. The van der Waals surface area contributed by atoms with Gasteiger partial charge in [0, 0.05) is 5.56 Å². The van der Waals surface area contributed by atoms with Gasteiger partial charge >= 0.3 is 0 Å². The Morgan fingerprint density at radius 3 is 2.25 bits per heavy atom. The van der Waals surface area contributed by atoms with E-state index in [0.29, 0.717) is 11.1 Å². The minimum atomic E-state index is -0.911. The van der Waals surface area contributed by atoms with Crippen LogP contribution in [0.5, 0.6) is 0 Å². The molecule has 0 N–H and O–H groups in total. The lowest BCUT2D eigenvalue weighted by Gasteiger charge is -2.28. The van der Waals surface area contributed by atoms with Crippen molar-refractivity contribution in [1.82, 2.24) is 0 Å². The molecule has 0 saturated heterocycles. The summed E-state index contributed by atoms with van der Waals surface area (Å²) in [7, 11) is 0. The van der Waals surface area contributed by atoms with E-state index < -0.39 is 11.6 Å². The third kappa shape index (κ3) is 3.22. The van der Waals surface area contributed by atoms with Crippen molar-refractivity contribution in [3.63, 3.8) is 0 Å². The molecule has 0 unspecified atom stereocenters. The number of rotatable bonds is 3. The molecular weight excluding hydrogens is 309 g/mol. The largest absolute Gasteiger partial charge is 0.207 e. The Hall–Kier alpha value is -1.77. The van der Waals surface area contributed by atoms with Gasteiger partial charge in [0.15, 0.2) is 11.6 Å². The molecule has 0 aromatic heterocycles. The van der Waals surface area contributed by atoms with E-state index in [1.54, 1.807) is 12.1 Å². The molecule has 2 aromatic rings. The van der Waals surface area contributed by atoms with Gasteiger partial charge in [0.25, 0.3) is 0 Å². The predicted molar refractivity (Wildman–Crippen MR) is 91.5 cm³/mol. The van der Waals surface area contributed by atoms with Crippen LogP contribution >= 0.6 is 0 Å². The van der Waals surface area contributed by atoms with E-state index in [-0.39, 0.29) is 22.9 Å². The van der Waals surface area contributed by atoms with E-state index in [1.807, 2.05) is 0 Å². The molecule has 0 spiro atoms. The van der Waals surface area contributed by atoms with Gasteiger partial charge in [-0.1, -0.05) is 37.6 Å². The number of hydrogen-bond donors (Lipinski definition) is 0. The van der Waals surface area contributed by atoms with Crippen molar-refractivity contribution in [2.75, 3.05) is 0 Å². The molecule has 3 rings (SSSR count). The first-order valence-electron chi connectivity index (χ1n) is 8.75. The Bertz CT molecular complexity index is 728. The highest BCUT2D eigenvalue weighted by Crippen LogP contribution is 2.39. The maximum absolute atomic E-state index is 14.6. The van der Waals surface area contributed by atoms with E-state index in [0.717, 1.165) is 31.6 Å². The molecule has 24 heavy (non-hydrogen) atoms. The summed E-state index contributed by atoms with van der Waals surface area (Å²) in [5, 5.41) is 0. The second-order valence-electron chi connectivity index (χ2n) is 6.92. The van der Waals surface area contributed by atoms with Gasteiger partial charge < -0.3 is 0 Å². The summed E-state index contributed by atoms with van der Waals surface area (Å²) in [5.41, 5.74) is 1.45. The zero-order valence-electron chi connectivity index (χ0n) is 14.2. The lowest BCUT2D eigenvalue weighted by Crippen LogP contribution is -2.13. The van der Waals surface area contributed by atoms with E-state index in [9.17, 15) is 13.2 Å². The van der Waals surface area contributed by atoms with E-state index in [2.05, 4.69) is 6.92 Å². The van der Waals surface area contributed by atoms with Crippen molar-refractivity contribution in [2.24, 2.45) is 5.92 Å². The molecule has 0 radical (unpaired) electrons. The standard InChI is InChI=1S/C21H23F3/c1-3-14-5-7-15(8-6-14)17-11-9-16(12-19(17)22)18-10-4-13(2)20(23)21(18)24/h4,9-12,14-15H,3,5-8H2,1-2H3. The second kappa shape index (κ2) is 7.00. The third-order valence-corrected chi connectivity index (χ3v) is 5.45. The monoisotopic (exact) mass is 332 g/mol. The van der Waals surface area contributed by atoms with Gasteiger partial charge in [-0.2, -0.15) is 0 Å². The molecule has 0 nitrogen and oxygen atoms in total. The zero-order chi connectivity index (χ0) is 17.3. The van der Waals surface area contributed by atoms with Crippen LogP contribution in [0, 0.1) is 30.3 Å². The maximum atomic E-state index is 14.6. The second-order valence-corrected chi connectivity index (χ2v) is 6.92. The summed E-state index contributed by atoms with van der Waals surface area (Å²) >= 11 is 0. The molecule has 0 bridgehead atoms. The summed E-state index contributed by atoms with van der Waals surface area (Å²) < 4.78 is 42.5. The average molecular weight is 332 g/mol. The Kier molecular flexibility index (Phi) is 4.98. The smallest absolute Gasteiger partial charge is 0.166 e. The molecule has 1 fully saturated rings. The predicted octanol–water partition coefficient (Wildman–Crippen LogP) is 6.76. The number of hydrogen-bond acceptors (Lipinski definition) is 0. The quantitative estimate of drug-likeness (QED) is 0.582. The van der Waals surface area contributed by atoms with Crippen molar-refractivity contribution >= 4 is 0 Å². The van der Waals surface area contributed by atoms with Gasteiger partial charge in [0.1, 0.15) is 5.82 Å². The van der Waals surface area contributed by atoms with Crippen LogP contribution < -0.4 is 0 Å². The van der Waals surface area contributed by atoms with Crippen LogP contribution in [0.3, 0.4) is 0 Å². The Labute approximate surface area is 141 Å². The van der Waals surface area contributed by atoms with Crippen LogP contribution in [-0.4, -0.2) is 0 Å². The van der Waals surface area contributed by atoms with Crippen molar-refractivity contribution in [2.45, 2.75) is 51.9 Å².